The van der Waals surface area contributed by atoms with Gasteiger partial charge in [-0.25, -0.2) is 8.78 Å². The van der Waals surface area contributed by atoms with Crippen LogP contribution in [0.3, 0.4) is 0 Å². The molecular formula is C24H34F2. The molecule has 2 heteroatoms. The first kappa shape index (κ1) is 19.6. The van der Waals surface area contributed by atoms with Crippen molar-refractivity contribution in [3.63, 3.8) is 0 Å². The molecule has 0 heterocycles. The second-order valence-corrected chi connectivity index (χ2v) is 8.61. The lowest BCUT2D eigenvalue weighted by Gasteiger charge is -2.33. The van der Waals surface area contributed by atoms with Crippen molar-refractivity contribution >= 4 is 0 Å². The predicted molar refractivity (Wildman–Crippen MR) is 105 cm³/mol. The molecule has 2 atom stereocenters. The number of hydrogen-bond donors (Lipinski definition) is 0. The summed E-state index contributed by atoms with van der Waals surface area (Å²) < 4.78 is 29.0. The van der Waals surface area contributed by atoms with Crippen LogP contribution in [0.5, 0.6) is 0 Å². The summed E-state index contributed by atoms with van der Waals surface area (Å²) in [6.45, 7) is 5.94. The van der Waals surface area contributed by atoms with Crippen LogP contribution in [0.15, 0.2) is 24.8 Å². The monoisotopic (exact) mass is 360 g/mol. The Morgan fingerprint density at radius 3 is 2.42 bits per heavy atom. The number of rotatable bonds is 7. The maximum atomic E-state index is 14.6. The van der Waals surface area contributed by atoms with Gasteiger partial charge in [0.25, 0.3) is 0 Å². The molecule has 1 aromatic rings. The average molecular weight is 361 g/mol. The molecule has 0 bridgehead atoms. The second-order valence-electron chi connectivity index (χ2n) is 8.61. The summed E-state index contributed by atoms with van der Waals surface area (Å²) in [6.07, 6.45) is 14.3. The van der Waals surface area contributed by atoms with Gasteiger partial charge in [0.1, 0.15) is 0 Å². The van der Waals surface area contributed by atoms with Gasteiger partial charge in [-0.3, -0.25) is 0 Å². The van der Waals surface area contributed by atoms with E-state index in [0.717, 1.165) is 30.6 Å². The van der Waals surface area contributed by atoms with Crippen molar-refractivity contribution in [2.45, 2.75) is 83.5 Å². The molecule has 2 aliphatic rings. The number of halogens is 2. The van der Waals surface area contributed by atoms with Crippen LogP contribution in [0.4, 0.5) is 8.78 Å². The Morgan fingerprint density at radius 1 is 1.00 bits per heavy atom. The lowest BCUT2D eigenvalue weighted by atomic mass is 9.73. The Bertz CT molecular complexity index is 598. The van der Waals surface area contributed by atoms with Gasteiger partial charge < -0.3 is 0 Å². The minimum Gasteiger partial charge on any atom is -0.203 e. The fraction of sp³-hybridized carbons (Fsp3) is 0.667. The molecule has 2 aliphatic carbocycles. The van der Waals surface area contributed by atoms with Crippen LogP contribution in [0.2, 0.25) is 0 Å². The molecule has 0 radical (unpaired) electrons. The summed E-state index contributed by atoms with van der Waals surface area (Å²) >= 11 is 0. The van der Waals surface area contributed by atoms with Crippen molar-refractivity contribution in [1.29, 1.82) is 0 Å². The molecular weight excluding hydrogens is 326 g/mol. The van der Waals surface area contributed by atoms with E-state index in [1.807, 2.05) is 6.07 Å². The second kappa shape index (κ2) is 9.15. The average Bonchev–Trinajstić information content (AvgIpc) is 3.12. The van der Waals surface area contributed by atoms with Crippen LogP contribution in [0, 0.1) is 29.4 Å². The van der Waals surface area contributed by atoms with E-state index in [1.54, 1.807) is 12.1 Å². The standard InChI is InChI=1S/C24H34F2/c1-3-5-7-20-14-15-22(24(26)23(20)25)19-12-10-18(11-13-19)21-9-8-17(16-21)6-4-2/h3,14-15,17-19,21H,1,4-13,16H2,2H3. The van der Waals surface area contributed by atoms with Gasteiger partial charge in [-0.15, -0.1) is 6.58 Å². The zero-order valence-electron chi connectivity index (χ0n) is 16.3. The highest BCUT2D eigenvalue weighted by molar-refractivity contribution is 5.29. The molecule has 0 saturated heterocycles. The highest BCUT2D eigenvalue weighted by Crippen LogP contribution is 2.46. The Labute approximate surface area is 158 Å². The van der Waals surface area contributed by atoms with E-state index in [-0.39, 0.29) is 5.92 Å². The SMILES string of the molecule is C=CCCc1ccc(C2CCC(C3CCC(CCC)C3)CC2)c(F)c1F. The van der Waals surface area contributed by atoms with E-state index in [2.05, 4.69) is 13.5 Å². The molecule has 0 N–H and O–H groups in total. The van der Waals surface area contributed by atoms with Crippen molar-refractivity contribution in [3.8, 4) is 0 Å². The van der Waals surface area contributed by atoms with E-state index in [9.17, 15) is 8.78 Å². The molecule has 3 rings (SSSR count). The van der Waals surface area contributed by atoms with Crippen LogP contribution in [-0.2, 0) is 6.42 Å². The molecule has 144 valence electrons. The van der Waals surface area contributed by atoms with E-state index >= 15 is 0 Å². The molecule has 0 amide bonds. The maximum Gasteiger partial charge on any atom is 0.162 e. The van der Waals surface area contributed by atoms with Gasteiger partial charge in [-0.05, 0) is 86.2 Å². The van der Waals surface area contributed by atoms with Gasteiger partial charge in [0.2, 0.25) is 0 Å². The molecule has 1 aromatic carbocycles. The van der Waals surface area contributed by atoms with E-state index < -0.39 is 11.6 Å². The van der Waals surface area contributed by atoms with Gasteiger partial charge >= 0.3 is 0 Å². The molecule has 2 unspecified atom stereocenters. The summed E-state index contributed by atoms with van der Waals surface area (Å²) in [5, 5.41) is 0. The number of hydrogen-bond acceptors (Lipinski definition) is 0. The van der Waals surface area contributed by atoms with E-state index in [4.69, 9.17) is 0 Å². The summed E-state index contributed by atoms with van der Waals surface area (Å²) in [5.74, 6) is 1.60. The molecule has 0 nitrogen and oxygen atoms in total. The molecule has 0 aliphatic heterocycles. The fourth-order valence-electron chi connectivity index (χ4n) is 5.48. The first-order valence-corrected chi connectivity index (χ1v) is 10.7. The largest absolute Gasteiger partial charge is 0.203 e. The zero-order chi connectivity index (χ0) is 18.5. The van der Waals surface area contributed by atoms with Crippen LogP contribution < -0.4 is 0 Å². The van der Waals surface area contributed by atoms with E-state index in [0.29, 0.717) is 24.0 Å². The van der Waals surface area contributed by atoms with Crippen LogP contribution in [0.25, 0.3) is 0 Å². The third-order valence-electron chi connectivity index (χ3n) is 6.97. The molecule has 26 heavy (non-hydrogen) atoms. The highest BCUT2D eigenvalue weighted by atomic mass is 19.2. The fourth-order valence-corrected chi connectivity index (χ4v) is 5.48. The lowest BCUT2D eigenvalue weighted by molar-refractivity contribution is 0.227. The van der Waals surface area contributed by atoms with Crippen LogP contribution >= 0.6 is 0 Å². The molecule has 0 spiro atoms. The van der Waals surface area contributed by atoms with Gasteiger partial charge in [-0.2, -0.15) is 0 Å². The molecule has 2 saturated carbocycles. The smallest absolute Gasteiger partial charge is 0.162 e. The predicted octanol–water partition coefficient (Wildman–Crippen LogP) is 7.57. The molecule has 2 fully saturated rings. The number of benzene rings is 1. The van der Waals surface area contributed by atoms with Gasteiger partial charge in [0, 0.05) is 0 Å². The van der Waals surface area contributed by atoms with Crippen molar-refractivity contribution in [2.24, 2.45) is 17.8 Å². The third-order valence-corrected chi connectivity index (χ3v) is 6.97. The minimum atomic E-state index is -0.635. The highest BCUT2D eigenvalue weighted by Gasteiger charge is 2.34. The van der Waals surface area contributed by atoms with Crippen molar-refractivity contribution in [2.75, 3.05) is 0 Å². The van der Waals surface area contributed by atoms with E-state index in [1.165, 1.54) is 44.9 Å². The summed E-state index contributed by atoms with van der Waals surface area (Å²) in [4.78, 5) is 0. The zero-order valence-corrected chi connectivity index (χ0v) is 16.3. The normalized spacial score (nSPS) is 29.0. The topological polar surface area (TPSA) is 0 Å². The Kier molecular flexibility index (Phi) is 6.89. The van der Waals surface area contributed by atoms with Crippen molar-refractivity contribution in [1.82, 2.24) is 0 Å². The van der Waals surface area contributed by atoms with Crippen molar-refractivity contribution in [3.05, 3.63) is 47.5 Å². The third kappa shape index (κ3) is 4.38. The Hall–Kier alpha value is -1.18. The lowest BCUT2D eigenvalue weighted by Crippen LogP contribution is -2.20. The minimum absolute atomic E-state index is 0.196. The Morgan fingerprint density at radius 2 is 1.73 bits per heavy atom. The van der Waals surface area contributed by atoms with Gasteiger partial charge in [-0.1, -0.05) is 44.4 Å². The van der Waals surface area contributed by atoms with Gasteiger partial charge in [0.05, 0.1) is 0 Å². The van der Waals surface area contributed by atoms with Crippen molar-refractivity contribution < 1.29 is 8.78 Å². The quantitative estimate of drug-likeness (QED) is 0.440. The summed E-state index contributed by atoms with van der Waals surface area (Å²) in [7, 11) is 0. The Balaban J connectivity index is 1.58. The van der Waals surface area contributed by atoms with Crippen LogP contribution in [0.1, 0.15) is 88.2 Å². The number of aryl methyl sites for hydroxylation is 1. The number of allylic oxidation sites excluding steroid dienone is 1. The summed E-state index contributed by atoms with van der Waals surface area (Å²) in [6, 6.07) is 3.63. The van der Waals surface area contributed by atoms with Gasteiger partial charge in [0.15, 0.2) is 11.6 Å². The summed E-state index contributed by atoms with van der Waals surface area (Å²) in [5.41, 5.74) is 1.09. The molecule has 0 aromatic heterocycles. The maximum absolute atomic E-state index is 14.6. The first-order chi connectivity index (χ1) is 12.6. The van der Waals surface area contributed by atoms with Crippen LogP contribution in [-0.4, -0.2) is 0 Å². The first-order valence-electron chi connectivity index (χ1n) is 10.7.